The van der Waals surface area contributed by atoms with Crippen molar-refractivity contribution in [3.63, 3.8) is 0 Å². The Balaban J connectivity index is 1.90. The van der Waals surface area contributed by atoms with Crippen molar-refractivity contribution in [2.45, 2.75) is 13.0 Å². The van der Waals surface area contributed by atoms with Gasteiger partial charge in [0, 0.05) is 21.7 Å². The van der Waals surface area contributed by atoms with Crippen molar-refractivity contribution in [2.75, 3.05) is 5.32 Å². The summed E-state index contributed by atoms with van der Waals surface area (Å²) in [6, 6.07) is 14.5. The Labute approximate surface area is 142 Å². The summed E-state index contributed by atoms with van der Waals surface area (Å²) in [5.74, 6) is 0. The highest BCUT2D eigenvalue weighted by Gasteiger charge is 2.15. The highest BCUT2D eigenvalue weighted by Crippen LogP contribution is 2.38. The normalized spacial score (nSPS) is 12.3. The van der Waals surface area contributed by atoms with Gasteiger partial charge in [-0.1, -0.05) is 47.5 Å². The van der Waals surface area contributed by atoms with Gasteiger partial charge in [0.2, 0.25) is 0 Å². The molecule has 0 saturated carbocycles. The van der Waals surface area contributed by atoms with Crippen LogP contribution in [-0.2, 0) is 0 Å². The van der Waals surface area contributed by atoms with Crippen LogP contribution in [-0.4, -0.2) is 0 Å². The summed E-state index contributed by atoms with van der Waals surface area (Å²) in [6.45, 7) is 2.09. The number of thiophene rings is 2. The number of anilines is 1. The first-order chi connectivity index (χ1) is 10.1. The van der Waals surface area contributed by atoms with Gasteiger partial charge in [0.1, 0.15) is 0 Å². The average Bonchev–Trinajstić information content (AvgIpc) is 3.09. The Morgan fingerprint density at radius 2 is 1.90 bits per heavy atom. The van der Waals surface area contributed by atoms with E-state index in [0.717, 1.165) is 19.9 Å². The number of halogens is 2. The molecule has 1 atom stereocenters. The second-order valence-corrected chi connectivity index (χ2v) is 7.90. The van der Waals surface area contributed by atoms with Gasteiger partial charge in [-0.15, -0.1) is 22.7 Å². The van der Waals surface area contributed by atoms with E-state index in [2.05, 4.69) is 48.0 Å². The number of benzene rings is 1. The van der Waals surface area contributed by atoms with Gasteiger partial charge in [0.05, 0.1) is 14.7 Å². The van der Waals surface area contributed by atoms with Gasteiger partial charge in [0.15, 0.2) is 0 Å². The minimum Gasteiger partial charge on any atom is -0.378 e. The number of nitrogens with one attached hydrogen (secondary N) is 1. The van der Waals surface area contributed by atoms with Crippen molar-refractivity contribution in [3.05, 3.63) is 62.1 Å². The van der Waals surface area contributed by atoms with Crippen LogP contribution in [0.25, 0.3) is 10.4 Å². The maximum Gasteiger partial charge on any atom is 0.0996 e. The summed E-state index contributed by atoms with van der Waals surface area (Å²) < 4.78 is 1.46. The first kappa shape index (κ1) is 14.9. The van der Waals surface area contributed by atoms with E-state index in [1.54, 1.807) is 11.3 Å². The van der Waals surface area contributed by atoms with E-state index in [0.29, 0.717) is 0 Å². The van der Waals surface area contributed by atoms with Gasteiger partial charge in [-0.25, -0.2) is 0 Å². The summed E-state index contributed by atoms with van der Waals surface area (Å²) in [7, 11) is 0. The number of hydrogen-bond acceptors (Lipinski definition) is 3. The Bertz CT molecular complexity index is 735. The van der Waals surface area contributed by atoms with Crippen molar-refractivity contribution < 1.29 is 0 Å². The van der Waals surface area contributed by atoms with E-state index in [-0.39, 0.29) is 6.04 Å². The van der Waals surface area contributed by atoms with Gasteiger partial charge in [-0.3, -0.25) is 0 Å². The molecule has 5 heteroatoms. The molecule has 0 spiro atoms. The van der Waals surface area contributed by atoms with Crippen molar-refractivity contribution in [1.82, 2.24) is 0 Å². The SMILES string of the molecule is CC(Nc1ccccc1-c1cccs1)c1cc(Cl)sc1Cl. The third kappa shape index (κ3) is 3.27. The molecular weight excluding hydrogens is 341 g/mol. The van der Waals surface area contributed by atoms with Crippen LogP contribution in [0, 0.1) is 0 Å². The van der Waals surface area contributed by atoms with Crippen LogP contribution < -0.4 is 5.32 Å². The molecule has 0 aliphatic heterocycles. The van der Waals surface area contributed by atoms with E-state index in [4.69, 9.17) is 23.2 Å². The van der Waals surface area contributed by atoms with Gasteiger partial charge in [-0.2, -0.15) is 0 Å². The molecule has 1 nitrogen and oxygen atoms in total. The van der Waals surface area contributed by atoms with Crippen molar-refractivity contribution in [1.29, 1.82) is 0 Å². The third-order valence-corrected chi connectivity index (χ3v) is 5.66. The second kappa shape index (κ2) is 6.41. The highest BCUT2D eigenvalue weighted by molar-refractivity contribution is 7.20. The molecule has 1 N–H and O–H groups in total. The van der Waals surface area contributed by atoms with E-state index in [1.807, 2.05) is 12.1 Å². The zero-order valence-corrected chi connectivity index (χ0v) is 14.4. The van der Waals surface area contributed by atoms with Crippen LogP contribution in [0.15, 0.2) is 47.8 Å². The molecule has 1 unspecified atom stereocenters. The van der Waals surface area contributed by atoms with Crippen LogP contribution in [0.3, 0.4) is 0 Å². The van der Waals surface area contributed by atoms with Crippen molar-refractivity contribution in [3.8, 4) is 10.4 Å². The lowest BCUT2D eigenvalue weighted by atomic mass is 10.1. The molecule has 21 heavy (non-hydrogen) atoms. The Hall–Kier alpha value is -1.00. The monoisotopic (exact) mass is 353 g/mol. The van der Waals surface area contributed by atoms with E-state index in [1.165, 1.54) is 21.8 Å². The predicted molar refractivity (Wildman–Crippen MR) is 96.1 cm³/mol. The second-order valence-electron chi connectivity index (χ2n) is 4.67. The molecule has 2 aromatic heterocycles. The molecule has 1 aromatic carbocycles. The van der Waals surface area contributed by atoms with Gasteiger partial charge >= 0.3 is 0 Å². The maximum absolute atomic E-state index is 6.24. The van der Waals surface area contributed by atoms with Crippen LogP contribution in [0.1, 0.15) is 18.5 Å². The summed E-state index contributed by atoms with van der Waals surface area (Å²) in [6.07, 6.45) is 0. The molecule has 0 fully saturated rings. The molecule has 0 bridgehead atoms. The molecule has 0 aliphatic rings. The summed E-state index contributed by atoms with van der Waals surface area (Å²) in [5, 5.41) is 5.63. The highest BCUT2D eigenvalue weighted by atomic mass is 35.5. The smallest absolute Gasteiger partial charge is 0.0996 e. The summed E-state index contributed by atoms with van der Waals surface area (Å²) in [5.41, 5.74) is 3.34. The zero-order chi connectivity index (χ0) is 14.8. The van der Waals surface area contributed by atoms with Gasteiger partial charge in [0.25, 0.3) is 0 Å². The molecule has 0 saturated heterocycles. The first-order valence-electron chi connectivity index (χ1n) is 6.49. The van der Waals surface area contributed by atoms with Crippen molar-refractivity contribution in [2.24, 2.45) is 0 Å². The summed E-state index contributed by atoms with van der Waals surface area (Å²) in [4.78, 5) is 1.25. The average molecular weight is 354 g/mol. The standard InChI is InChI=1S/C16H13Cl2NS2/c1-10(12-9-15(17)21-16(12)18)19-13-6-3-2-5-11(13)14-7-4-8-20-14/h2-10,19H,1H3. The lowest BCUT2D eigenvalue weighted by Crippen LogP contribution is -2.06. The Morgan fingerprint density at radius 1 is 1.10 bits per heavy atom. The van der Waals surface area contributed by atoms with Gasteiger partial charge < -0.3 is 5.32 Å². The molecule has 0 aliphatic carbocycles. The molecule has 0 radical (unpaired) electrons. The fourth-order valence-corrected chi connectivity index (χ4v) is 4.63. The van der Waals surface area contributed by atoms with E-state index < -0.39 is 0 Å². The lowest BCUT2D eigenvalue weighted by Gasteiger charge is -2.17. The summed E-state index contributed by atoms with van der Waals surface area (Å²) >= 11 is 15.4. The van der Waals surface area contributed by atoms with Gasteiger partial charge in [-0.05, 0) is 30.5 Å². The number of hydrogen-bond donors (Lipinski definition) is 1. The Kier molecular flexibility index (Phi) is 4.55. The minimum atomic E-state index is 0.0994. The topological polar surface area (TPSA) is 12.0 Å². The minimum absolute atomic E-state index is 0.0994. The van der Waals surface area contributed by atoms with Crippen LogP contribution in [0.4, 0.5) is 5.69 Å². The fraction of sp³-hybridized carbons (Fsp3) is 0.125. The largest absolute Gasteiger partial charge is 0.378 e. The van der Waals surface area contributed by atoms with E-state index in [9.17, 15) is 0 Å². The first-order valence-corrected chi connectivity index (χ1v) is 8.94. The van der Waals surface area contributed by atoms with Crippen LogP contribution >= 0.6 is 45.9 Å². The fourth-order valence-electron chi connectivity index (χ4n) is 2.21. The lowest BCUT2D eigenvalue weighted by molar-refractivity contribution is 0.891. The maximum atomic E-state index is 6.24. The number of para-hydroxylation sites is 1. The predicted octanol–water partition coefficient (Wildman–Crippen LogP) is 6.96. The molecule has 0 amide bonds. The third-order valence-electron chi connectivity index (χ3n) is 3.24. The zero-order valence-electron chi connectivity index (χ0n) is 11.3. The molecular formula is C16H13Cl2NS2. The van der Waals surface area contributed by atoms with Crippen molar-refractivity contribution >= 4 is 51.6 Å². The molecule has 108 valence electrons. The number of rotatable bonds is 4. The van der Waals surface area contributed by atoms with E-state index >= 15 is 0 Å². The Morgan fingerprint density at radius 3 is 2.57 bits per heavy atom. The molecule has 3 aromatic rings. The quantitative estimate of drug-likeness (QED) is 0.534. The molecule has 3 rings (SSSR count). The molecule has 2 heterocycles. The van der Waals surface area contributed by atoms with Crippen LogP contribution in [0.2, 0.25) is 8.67 Å². The van der Waals surface area contributed by atoms with Crippen LogP contribution in [0.5, 0.6) is 0 Å².